The van der Waals surface area contributed by atoms with E-state index in [1.807, 2.05) is 29.7 Å². The number of hydrogen-bond donors (Lipinski definition) is 1. The van der Waals surface area contributed by atoms with E-state index in [1.165, 1.54) is 11.8 Å². The third-order valence-corrected chi connectivity index (χ3v) is 4.43. The molecule has 2 aromatic rings. The number of anilines is 1. The van der Waals surface area contributed by atoms with Gasteiger partial charge in [0.2, 0.25) is 5.91 Å². The molecule has 1 heterocycles. The van der Waals surface area contributed by atoms with Crippen molar-refractivity contribution in [1.29, 1.82) is 0 Å². The van der Waals surface area contributed by atoms with E-state index in [2.05, 4.69) is 22.1 Å². The van der Waals surface area contributed by atoms with Crippen LogP contribution in [0.3, 0.4) is 0 Å². The molecule has 5 nitrogen and oxygen atoms in total. The van der Waals surface area contributed by atoms with Crippen molar-refractivity contribution >= 4 is 35.0 Å². The molecule has 0 aliphatic rings. The smallest absolute Gasteiger partial charge is 0.225 e. The third-order valence-electron chi connectivity index (χ3n) is 3.13. The first-order valence-electron chi connectivity index (χ1n) is 7.35. The number of carbonyl (C=O) groups excluding carboxylic acids is 1. The Hall–Kier alpha value is -1.79. The summed E-state index contributed by atoms with van der Waals surface area (Å²) >= 11 is 7.54. The second-order valence-corrected chi connectivity index (χ2v) is 6.25. The number of nitrogens with one attached hydrogen (secondary N) is 1. The van der Waals surface area contributed by atoms with Gasteiger partial charge in [-0.15, -0.1) is 16.8 Å². The molecule has 0 saturated carbocycles. The highest BCUT2D eigenvalue weighted by atomic mass is 35.5. The van der Waals surface area contributed by atoms with Crippen molar-refractivity contribution < 1.29 is 4.79 Å². The van der Waals surface area contributed by atoms with Crippen LogP contribution >= 0.6 is 23.4 Å². The van der Waals surface area contributed by atoms with Gasteiger partial charge in [0.25, 0.3) is 0 Å². The van der Waals surface area contributed by atoms with E-state index in [0.717, 1.165) is 17.4 Å². The van der Waals surface area contributed by atoms with Gasteiger partial charge in [-0.3, -0.25) is 4.79 Å². The fourth-order valence-electron chi connectivity index (χ4n) is 2.01. The largest absolute Gasteiger partial charge is 0.325 e. The van der Waals surface area contributed by atoms with Gasteiger partial charge in [-0.25, -0.2) is 0 Å². The summed E-state index contributed by atoms with van der Waals surface area (Å²) in [6.45, 7) is 6.46. The van der Waals surface area contributed by atoms with Gasteiger partial charge in [-0.05, 0) is 12.1 Å². The summed E-state index contributed by atoms with van der Waals surface area (Å²) < 4.78 is 2.02. The zero-order chi connectivity index (χ0) is 16.7. The predicted octanol–water partition coefficient (Wildman–Crippen LogP) is 3.80. The minimum atomic E-state index is -0.0731. The number of para-hydroxylation sites is 1. The van der Waals surface area contributed by atoms with E-state index in [9.17, 15) is 4.79 Å². The number of nitrogens with zero attached hydrogens (tertiary/aromatic N) is 3. The van der Waals surface area contributed by atoms with Crippen molar-refractivity contribution in [2.24, 2.45) is 0 Å². The van der Waals surface area contributed by atoms with Crippen LogP contribution in [0.1, 0.15) is 19.2 Å². The molecule has 7 heteroatoms. The third kappa shape index (κ3) is 4.84. The van der Waals surface area contributed by atoms with E-state index >= 15 is 0 Å². The monoisotopic (exact) mass is 350 g/mol. The van der Waals surface area contributed by atoms with Gasteiger partial charge in [0.15, 0.2) is 5.16 Å². The fraction of sp³-hybridized carbons (Fsp3) is 0.312. The van der Waals surface area contributed by atoms with Crippen LogP contribution in [-0.2, 0) is 17.8 Å². The second-order valence-electron chi connectivity index (χ2n) is 4.78. The Morgan fingerprint density at radius 2 is 2.22 bits per heavy atom. The van der Waals surface area contributed by atoms with Crippen molar-refractivity contribution in [3.05, 3.63) is 47.8 Å². The Labute approximate surface area is 145 Å². The fourth-order valence-corrected chi connectivity index (χ4v) is 3.10. The van der Waals surface area contributed by atoms with Crippen LogP contribution < -0.4 is 5.32 Å². The van der Waals surface area contributed by atoms with Crippen molar-refractivity contribution in [3.8, 4) is 0 Å². The Morgan fingerprint density at radius 3 is 2.91 bits per heavy atom. The molecule has 0 atom stereocenters. The number of rotatable bonds is 8. The lowest BCUT2D eigenvalue weighted by atomic mass is 10.3. The number of carbonyl (C=O) groups is 1. The summed E-state index contributed by atoms with van der Waals surface area (Å²) in [5.74, 6) is 1.47. The molecule has 0 fully saturated rings. The van der Waals surface area contributed by atoms with Crippen LogP contribution in [0.25, 0.3) is 0 Å². The molecule has 0 radical (unpaired) electrons. The standard InChI is InChI=1S/C16H19ClN4OS/c1-3-10-21-14(4-2)19-20-16(21)23-11-9-15(22)18-13-8-6-5-7-12(13)17/h3,5-8H,1,4,9-11H2,2H3,(H,18,22). The highest BCUT2D eigenvalue weighted by Crippen LogP contribution is 2.22. The second kappa shape index (κ2) is 8.74. The van der Waals surface area contributed by atoms with Gasteiger partial charge in [0.05, 0.1) is 10.7 Å². The molecule has 0 unspecified atom stereocenters. The summed E-state index contributed by atoms with van der Waals surface area (Å²) in [5.41, 5.74) is 0.632. The van der Waals surface area contributed by atoms with Gasteiger partial charge < -0.3 is 9.88 Å². The average molecular weight is 351 g/mol. The molecule has 0 aliphatic heterocycles. The topological polar surface area (TPSA) is 59.8 Å². The number of amides is 1. The van der Waals surface area contributed by atoms with Crippen molar-refractivity contribution in [2.75, 3.05) is 11.1 Å². The molecule has 122 valence electrons. The normalized spacial score (nSPS) is 10.5. The van der Waals surface area contributed by atoms with Crippen LogP contribution in [0.5, 0.6) is 0 Å². The zero-order valence-electron chi connectivity index (χ0n) is 13.0. The molecule has 0 bridgehead atoms. The van der Waals surface area contributed by atoms with Crippen LogP contribution in [0.15, 0.2) is 42.1 Å². The lowest BCUT2D eigenvalue weighted by Crippen LogP contribution is -2.12. The van der Waals surface area contributed by atoms with E-state index in [1.54, 1.807) is 12.1 Å². The number of thioether (sulfide) groups is 1. The van der Waals surface area contributed by atoms with E-state index in [0.29, 0.717) is 29.4 Å². The van der Waals surface area contributed by atoms with Gasteiger partial charge in [0.1, 0.15) is 5.82 Å². The molecule has 0 spiro atoms. The molecular weight excluding hydrogens is 332 g/mol. The molecule has 1 N–H and O–H groups in total. The number of aryl methyl sites for hydroxylation is 1. The van der Waals surface area contributed by atoms with Gasteiger partial charge in [-0.2, -0.15) is 0 Å². The number of allylic oxidation sites excluding steroid dienone is 1. The maximum absolute atomic E-state index is 12.0. The van der Waals surface area contributed by atoms with Gasteiger partial charge in [0, 0.05) is 25.1 Å². The molecule has 0 saturated heterocycles. The summed E-state index contributed by atoms with van der Waals surface area (Å²) in [5, 5.41) is 12.5. The van der Waals surface area contributed by atoms with E-state index < -0.39 is 0 Å². The van der Waals surface area contributed by atoms with Crippen LogP contribution in [-0.4, -0.2) is 26.4 Å². The molecule has 1 aromatic carbocycles. The summed E-state index contributed by atoms with van der Waals surface area (Å²) in [6, 6.07) is 7.18. The first kappa shape index (κ1) is 17.6. The SMILES string of the molecule is C=CCn1c(CC)nnc1SCCC(=O)Nc1ccccc1Cl. The number of benzene rings is 1. The van der Waals surface area contributed by atoms with Crippen LogP contribution in [0.4, 0.5) is 5.69 Å². The van der Waals surface area contributed by atoms with E-state index in [4.69, 9.17) is 11.6 Å². The molecule has 0 aliphatic carbocycles. The van der Waals surface area contributed by atoms with Crippen LogP contribution in [0, 0.1) is 0 Å². The quantitative estimate of drug-likeness (QED) is 0.581. The number of halogens is 1. The molecule has 2 rings (SSSR count). The summed E-state index contributed by atoms with van der Waals surface area (Å²) in [6.07, 6.45) is 3.00. The Kier molecular flexibility index (Phi) is 6.67. The molecule has 1 aromatic heterocycles. The highest BCUT2D eigenvalue weighted by molar-refractivity contribution is 7.99. The lowest BCUT2D eigenvalue weighted by Gasteiger charge is -2.08. The molecule has 23 heavy (non-hydrogen) atoms. The minimum Gasteiger partial charge on any atom is -0.325 e. The van der Waals surface area contributed by atoms with Gasteiger partial charge >= 0.3 is 0 Å². The van der Waals surface area contributed by atoms with Crippen molar-refractivity contribution in [2.45, 2.75) is 31.5 Å². The zero-order valence-corrected chi connectivity index (χ0v) is 14.5. The highest BCUT2D eigenvalue weighted by Gasteiger charge is 2.11. The molecular formula is C16H19ClN4OS. The summed E-state index contributed by atoms with van der Waals surface area (Å²) in [7, 11) is 0. The first-order valence-corrected chi connectivity index (χ1v) is 8.72. The lowest BCUT2D eigenvalue weighted by molar-refractivity contribution is -0.115. The Balaban J connectivity index is 1.87. The van der Waals surface area contributed by atoms with Crippen LogP contribution in [0.2, 0.25) is 5.02 Å². The average Bonchev–Trinajstić information content (AvgIpc) is 2.92. The Bertz CT molecular complexity index is 686. The predicted molar refractivity (Wildman–Crippen MR) is 95.0 cm³/mol. The van der Waals surface area contributed by atoms with Gasteiger partial charge in [-0.1, -0.05) is 48.5 Å². The molecule has 1 amide bonds. The maximum atomic E-state index is 12.0. The van der Waals surface area contributed by atoms with E-state index in [-0.39, 0.29) is 5.91 Å². The number of aromatic nitrogens is 3. The maximum Gasteiger partial charge on any atom is 0.225 e. The Morgan fingerprint density at radius 1 is 1.43 bits per heavy atom. The van der Waals surface area contributed by atoms with Crippen molar-refractivity contribution in [3.63, 3.8) is 0 Å². The summed E-state index contributed by atoms with van der Waals surface area (Å²) in [4.78, 5) is 12.0. The first-order chi connectivity index (χ1) is 11.2. The number of hydrogen-bond acceptors (Lipinski definition) is 4. The van der Waals surface area contributed by atoms with Crippen molar-refractivity contribution in [1.82, 2.24) is 14.8 Å². The minimum absolute atomic E-state index is 0.0731.